The Balaban J connectivity index is 1.36. The number of hydrogen-bond donors (Lipinski definition) is 1. The number of ether oxygens (including phenoxy) is 1. The predicted molar refractivity (Wildman–Crippen MR) is 102 cm³/mol. The Labute approximate surface area is 157 Å². The molecule has 1 aromatic heterocycles. The van der Waals surface area contributed by atoms with E-state index in [1.807, 2.05) is 18.2 Å². The van der Waals surface area contributed by atoms with Crippen molar-refractivity contribution in [2.24, 2.45) is 0 Å². The fourth-order valence-electron chi connectivity index (χ4n) is 3.27. The Morgan fingerprint density at radius 2 is 2.04 bits per heavy atom. The van der Waals surface area contributed by atoms with Gasteiger partial charge < -0.3 is 19.9 Å². The van der Waals surface area contributed by atoms with Crippen LogP contribution in [0.2, 0.25) is 5.02 Å². The van der Waals surface area contributed by atoms with E-state index in [1.165, 1.54) is 0 Å². The lowest BCUT2D eigenvalue weighted by atomic mass is 10.1. The van der Waals surface area contributed by atoms with Crippen molar-refractivity contribution in [2.45, 2.75) is 12.5 Å². The zero-order valence-electron chi connectivity index (χ0n) is 14.6. The number of benzene rings is 1. The Morgan fingerprint density at radius 1 is 1.23 bits per heavy atom. The number of piperazine rings is 1. The first-order chi connectivity index (χ1) is 12.6. The predicted octanol–water partition coefficient (Wildman–Crippen LogP) is 2.43. The van der Waals surface area contributed by atoms with Gasteiger partial charge in [-0.05, 0) is 42.9 Å². The number of nitrogens with zero attached hydrogens (tertiary/aromatic N) is 3. The van der Waals surface area contributed by atoms with Gasteiger partial charge in [0.25, 0.3) is 5.91 Å². The second-order valence-corrected chi connectivity index (χ2v) is 7.18. The maximum atomic E-state index is 12.5. The van der Waals surface area contributed by atoms with E-state index in [4.69, 9.17) is 16.3 Å². The van der Waals surface area contributed by atoms with Gasteiger partial charge in [-0.3, -0.25) is 4.79 Å². The van der Waals surface area contributed by atoms with Crippen molar-refractivity contribution in [1.29, 1.82) is 0 Å². The summed E-state index contributed by atoms with van der Waals surface area (Å²) in [4.78, 5) is 21.5. The molecule has 1 amide bonds. The van der Waals surface area contributed by atoms with Crippen LogP contribution in [0.25, 0.3) is 0 Å². The molecule has 7 heteroatoms. The summed E-state index contributed by atoms with van der Waals surface area (Å²) in [5, 5.41) is 3.53. The zero-order valence-corrected chi connectivity index (χ0v) is 15.4. The van der Waals surface area contributed by atoms with Gasteiger partial charge in [0.2, 0.25) is 0 Å². The van der Waals surface area contributed by atoms with Crippen LogP contribution in [-0.4, -0.2) is 55.1 Å². The molecule has 1 aromatic carbocycles. The van der Waals surface area contributed by atoms with E-state index < -0.39 is 6.10 Å². The number of fused-ring (bicyclic) bond motifs is 1. The third-order valence-electron chi connectivity index (χ3n) is 4.83. The molecule has 2 aromatic rings. The van der Waals surface area contributed by atoms with Crippen LogP contribution in [0.15, 0.2) is 36.5 Å². The molecule has 26 heavy (non-hydrogen) atoms. The number of aromatic nitrogens is 1. The smallest absolute Gasteiger partial charge is 0.265 e. The van der Waals surface area contributed by atoms with E-state index in [9.17, 15) is 4.79 Å². The fourth-order valence-corrected chi connectivity index (χ4v) is 3.46. The summed E-state index contributed by atoms with van der Waals surface area (Å²) in [6, 6.07) is 9.25. The van der Waals surface area contributed by atoms with Crippen LogP contribution in [0.4, 0.5) is 11.5 Å². The summed E-state index contributed by atoms with van der Waals surface area (Å²) in [5.41, 5.74) is 1.63. The van der Waals surface area contributed by atoms with E-state index in [1.54, 1.807) is 18.3 Å². The van der Waals surface area contributed by atoms with Crippen LogP contribution in [-0.2, 0) is 11.2 Å². The molecule has 0 radical (unpaired) electrons. The summed E-state index contributed by atoms with van der Waals surface area (Å²) >= 11 is 6.00. The van der Waals surface area contributed by atoms with Gasteiger partial charge in [0.15, 0.2) is 6.10 Å². The third kappa shape index (κ3) is 3.61. The Kier molecular flexibility index (Phi) is 4.70. The second-order valence-electron chi connectivity index (χ2n) is 6.75. The van der Waals surface area contributed by atoms with Crippen LogP contribution >= 0.6 is 11.6 Å². The summed E-state index contributed by atoms with van der Waals surface area (Å²) in [6.45, 7) is 3.99. The van der Waals surface area contributed by atoms with E-state index in [-0.39, 0.29) is 5.91 Å². The number of anilines is 2. The molecule has 136 valence electrons. The summed E-state index contributed by atoms with van der Waals surface area (Å²) < 4.78 is 5.72. The number of amides is 1. The number of halogens is 1. The van der Waals surface area contributed by atoms with Crippen LogP contribution in [0.5, 0.6) is 5.75 Å². The van der Waals surface area contributed by atoms with E-state index in [0.717, 1.165) is 43.3 Å². The van der Waals surface area contributed by atoms with Crippen LogP contribution in [0.1, 0.15) is 5.56 Å². The molecule has 1 fully saturated rings. The summed E-state index contributed by atoms with van der Waals surface area (Å²) in [7, 11) is 2.13. The van der Waals surface area contributed by atoms with Crippen LogP contribution < -0.4 is 15.0 Å². The monoisotopic (exact) mass is 372 g/mol. The van der Waals surface area contributed by atoms with Crippen LogP contribution in [0.3, 0.4) is 0 Å². The second kappa shape index (κ2) is 7.13. The van der Waals surface area contributed by atoms with Crippen LogP contribution in [0, 0.1) is 0 Å². The number of pyridine rings is 1. The summed E-state index contributed by atoms with van der Waals surface area (Å²) in [5.74, 6) is 1.49. The maximum absolute atomic E-state index is 12.5. The minimum absolute atomic E-state index is 0.175. The third-order valence-corrected chi connectivity index (χ3v) is 5.07. The molecule has 0 aliphatic carbocycles. The molecule has 0 unspecified atom stereocenters. The Bertz CT molecular complexity index is 804. The molecule has 6 nitrogen and oxygen atoms in total. The number of likely N-dealkylation sites (N-methyl/N-ethyl adjacent to an activating group) is 1. The normalized spacial score (nSPS) is 19.8. The van der Waals surface area contributed by atoms with Crippen molar-refractivity contribution in [3.8, 4) is 5.75 Å². The molecule has 1 saturated heterocycles. The number of rotatable bonds is 3. The lowest BCUT2D eigenvalue weighted by molar-refractivity contribution is -0.122. The zero-order chi connectivity index (χ0) is 18.1. The molecule has 0 spiro atoms. The molecule has 0 saturated carbocycles. The van der Waals surface area contributed by atoms with Gasteiger partial charge in [0, 0.05) is 37.6 Å². The molecular weight excluding hydrogens is 352 g/mol. The highest BCUT2D eigenvalue weighted by Crippen LogP contribution is 2.31. The highest BCUT2D eigenvalue weighted by molar-refractivity contribution is 6.30. The van der Waals surface area contributed by atoms with E-state index in [2.05, 4.69) is 27.1 Å². The van der Waals surface area contributed by atoms with Gasteiger partial charge >= 0.3 is 0 Å². The van der Waals surface area contributed by atoms with E-state index in [0.29, 0.717) is 17.1 Å². The van der Waals surface area contributed by atoms with Gasteiger partial charge in [-0.25, -0.2) is 4.98 Å². The molecule has 0 bridgehead atoms. The first-order valence-corrected chi connectivity index (χ1v) is 9.12. The minimum Gasteiger partial charge on any atom is -0.480 e. The number of carbonyl (C=O) groups is 1. The van der Waals surface area contributed by atoms with Gasteiger partial charge in [-0.2, -0.15) is 0 Å². The molecule has 3 heterocycles. The molecule has 2 aliphatic rings. The van der Waals surface area contributed by atoms with Gasteiger partial charge in [0.05, 0.1) is 11.9 Å². The van der Waals surface area contributed by atoms with Gasteiger partial charge in [0.1, 0.15) is 11.6 Å². The van der Waals surface area contributed by atoms with Crippen molar-refractivity contribution in [3.63, 3.8) is 0 Å². The quantitative estimate of drug-likeness (QED) is 0.896. The molecule has 1 atom stereocenters. The lowest BCUT2D eigenvalue weighted by Crippen LogP contribution is -2.44. The van der Waals surface area contributed by atoms with Crippen molar-refractivity contribution in [2.75, 3.05) is 43.4 Å². The average molecular weight is 373 g/mol. The summed E-state index contributed by atoms with van der Waals surface area (Å²) in [6.07, 6.45) is 1.68. The van der Waals surface area contributed by atoms with Gasteiger partial charge in [-0.15, -0.1) is 0 Å². The van der Waals surface area contributed by atoms with Crippen molar-refractivity contribution >= 4 is 29.0 Å². The maximum Gasteiger partial charge on any atom is 0.265 e. The number of carbonyl (C=O) groups excluding carboxylic acids is 1. The largest absolute Gasteiger partial charge is 0.480 e. The first kappa shape index (κ1) is 17.1. The van der Waals surface area contributed by atoms with Crippen molar-refractivity contribution < 1.29 is 9.53 Å². The first-order valence-electron chi connectivity index (χ1n) is 8.74. The molecule has 1 N–H and O–H groups in total. The minimum atomic E-state index is -0.541. The highest BCUT2D eigenvalue weighted by atomic mass is 35.5. The SMILES string of the molecule is CN1CCN(c2ccc(NC(=O)[C@@H]3Cc4cc(Cl)ccc4O3)cn2)CC1. The lowest BCUT2D eigenvalue weighted by Gasteiger charge is -2.33. The Morgan fingerprint density at radius 3 is 2.77 bits per heavy atom. The van der Waals surface area contributed by atoms with Gasteiger partial charge in [-0.1, -0.05) is 11.6 Å². The number of hydrogen-bond acceptors (Lipinski definition) is 5. The Hall–Kier alpha value is -2.31. The van der Waals surface area contributed by atoms with Crippen molar-refractivity contribution in [3.05, 3.63) is 47.1 Å². The molecule has 2 aliphatic heterocycles. The fraction of sp³-hybridized carbons (Fsp3) is 0.368. The topological polar surface area (TPSA) is 57.7 Å². The van der Waals surface area contributed by atoms with E-state index >= 15 is 0 Å². The average Bonchev–Trinajstić information content (AvgIpc) is 3.06. The molecule has 4 rings (SSSR count). The highest BCUT2D eigenvalue weighted by Gasteiger charge is 2.29. The molecular formula is C19H21ClN4O2. The number of nitrogens with one attached hydrogen (secondary N) is 1. The standard InChI is InChI=1S/C19H21ClN4O2/c1-23-6-8-24(9-7-23)18-5-3-15(12-21-18)22-19(25)17-11-13-10-14(20)2-4-16(13)26-17/h2-5,10,12,17H,6-9,11H2,1H3,(H,22,25)/t17-/m0/s1. The van der Waals surface area contributed by atoms with Crippen molar-refractivity contribution in [1.82, 2.24) is 9.88 Å².